The van der Waals surface area contributed by atoms with Crippen molar-refractivity contribution in [3.8, 4) is 0 Å². The van der Waals surface area contributed by atoms with Crippen LogP contribution in [0.2, 0.25) is 0 Å². The summed E-state index contributed by atoms with van der Waals surface area (Å²) >= 11 is 0. The van der Waals surface area contributed by atoms with E-state index in [1.54, 1.807) is 0 Å². The van der Waals surface area contributed by atoms with Gasteiger partial charge < -0.3 is 20.1 Å². The van der Waals surface area contributed by atoms with Gasteiger partial charge in [-0.25, -0.2) is 4.57 Å². The molecule has 0 rings (SSSR count). The van der Waals surface area contributed by atoms with Crippen molar-refractivity contribution in [3.05, 3.63) is 72.9 Å². The lowest BCUT2D eigenvalue weighted by atomic mass is 10.0. The van der Waals surface area contributed by atoms with E-state index in [4.69, 9.17) is 24.3 Å². The van der Waals surface area contributed by atoms with Gasteiger partial charge in [-0.3, -0.25) is 13.8 Å². The highest BCUT2D eigenvalue weighted by molar-refractivity contribution is 7.47. The van der Waals surface area contributed by atoms with Crippen molar-refractivity contribution in [2.24, 2.45) is 5.73 Å². The van der Waals surface area contributed by atoms with E-state index in [0.717, 1.165) is 64.2 Å². The highest BCUT2D eigenvalue weighted by Crippen LogP contribution is 2.43. The van der Waals surface area contributed by atoms with E-state index in [1.165, 1.54) is 148 Å². The molecule has 0 fully saturated rings. The first-order valence-electron chi connectivity index (χ1n) is 26.4. The number of unbranched alkanes of at least 4 members (excludes halogenated alkanes) is 25. The number of phosphoric acid groups is 1. The van der Waals surface area contributed by atoms with Crippen LogP contribution in [0.3, 0.4) is 0 Å². The van der Waals surface area contributed by atoms with E-state index in [0.29, 0.717) is 13.0 Å². The molecule has 0 heterocycles. The monoisotopic (exact) mass is 918 g/mol. The van der Waals surface area contributed by atoms with Crippen LogP contribution < -0.4 is 5.73 Å². The summed E-state index contributed by atoms with van der Waals surface area (Å²) in [5.41, 5.74) is 5.39. The number of phosphoric ester groups is 1. The van der Waals surface area contributed by atoms with E-state index in [1.807, 2.05) is 0 Å². The first-order valence-corrected chi connectivity index (χ1v) is 27.9. The van der Waals surface area contributed by atoms with Gasteiger partial charge in [-0.2, -0.15) is 0 Å². The Bertz CT molecular complexity index is 1210. The van der Waals surface area contributed by atoms with E-state index in [2.05, 4.69) is 86.8 Å². The van der Waals surface area contributed by atoms with Gasteiger partial charge in [-0.15, -0.1) is 0 Å². The van der Waals surface area contributed by atoms with Gasteiger partial charge in [-0.05, 0) is 83.5 Å². The molecule has 0 aromatic rings. The second-order valence-corrected chi connectivity index (χ2v) is 18.8. The van der Waals surface area contributed by atoms with Crippen LogP contribution in [0.4, 0.5) is 0 Å². The molecule has 0 aromatic carbocycles. The molecule has 9 heteroatoms. The summed E-state index contributed by atoms with van der Waals surface area (Å²) in [5, 5.41) is 0. The lowest BCUT2D eigenvalue weighted by Crippen LogP contribution is -2.28. The Morgan fingerprint density at radius 2 is 0.875 bits per heavy atom. The standard InChI is InChI=1S/C55H100NO7P/c1-3-5-7-9-11-13-15-17-19-21-23-25-27-28-30-32-34-36-38-40-42-44-46-48-55(57)63-54(53-62-64(58,59)61-51-49-56)52-60-50-47-45-43-41-39-37-35-33-31-29-26-24-22-20-18-16-14-12-10-8-6-4-2/h5,7,11,13,16-19,22-25,54H,3-4,6,8-10,12,14-15,20-21,26-53,56H2,1-2H3,(H,58,59)/b7-5-,13-11-,18-16-,19-17-,24-22-,25-23-. The molecule has 0 aliphatic carbocycles. The number of allylic oxidation sites excluding steroid dienone is 12. The predicted molar refractivity (Wildman–Crippen MR) is 275 cm³/mol. The molecule has 0 saturated heterocycles. The van der Waals surface area contributed by atoms with Gasteiger partial charge in [0.05, 0.1) is 19.8 Å². The molecular weight excluding hydrogens is 818 g/mol. The average Bonchev–Trinajstić information content (AvgIpc) is 3.29. The normalized spacial score (nSPS) is 13.9. The summed E-state index contributed by atoms with van der Waals surface area (Å²) in [5.74, 6) is -0.336. The van der Waals surface area contributed by atoms with Crippen LogP contribution in [-0.4, -0.2) is 49.9 Å². The Balaban J connectivity index is 3.95. The molecule has 0 spiro atoms. The maximum absolute atomic E-state index is 12.7. The number of carbonyl (C=O) groups excluding carboxylic acids is 1. The van der Waals surface area contributed by atoms with Gasteiger partial charge in [0.2, 0.25) is 0 Å². The summed E-state index contributed by atoms with van der Waals surface area (Å²) in [7, 11) is -4.29. The third kappa shape index (κ3) is 50.9. The molecule has 0 bridgehead atoms. The van der Waals surface area contributed by atoms with E-state index in [9.17, 15) is 14.3 Å². The van der Waals surface area contributed by atoms with Crippen molar-refractivity contribution in [1.29, 1.82) is 0 Å². The number of hydrogen-bond donors (Lipinski definition) is 2. The molecule has 0 radical (unpaired) electrons. The van der Waals surface area contributed by atoms with Gasteiger partial charge in [0, 0.05) is 19.6 Å². The smallest absolute Gasteiger partial charge is 0.457 e. The molecular formula is C55H100NO7P. The Labute approximate surface area is 395 Å². The quantitative estimate of drug-likeness (QED) is 0.0268. The van der Waals surface area contributed by atoms with Crippen molar-refractivity contribution in [3.63, 3.8) is 0 Å². The average molecular weight is 918 g/mol. The number of carbonyl (C=O) groups is 1. The van der Waals surface area contributed by atoms with Crippen LogP contribution in [0.1, 0.15) is 232 Å². The van der Waals surface area contributed by atoms with Crippen LogP contribution in [0.5, 0.6) is 0 Å². The van der Waals surface area contributed by atoms with Gasteiger partial charge in [-0.1, -0.05) is 215 Å². The van der Waals surface area contributed by atoms with Crippen molar-refractivity contribution < 1.29 is 32.8 Å². The van der Waals surface area contributed by atoms with Crippen LogP contribution in [0, 0.1) is 0 Å². The number of rotatable bonds is 50. The van der Waals surface area contributed by atoms with Crippen molar-refractivity contribution in [2.75, 3.05) is 33.0 Å². The summed E-state index contributed by atoms with van der Waals surface area (Å²) in [6, 6.07) is 0. The zero-order valence-electron chi connectivity index (χ0n) is 41.5. The van der Waals surface area contributed by atoms with E-state index >= 15 is 0 Å². The van der Waals surface area contributed by atoms with Gasteiger partial charge in [0.1, 0.15) is 6.10 Å². The topological polar surface area (TPSA) is 117 Å². The lowest BCUT2D eigenvalue weighted by molar-refractivity contribution is -0.154. The van der Waals surface area contributed by atoms with E-state index in [-0.39, 0.29) is 32.3 Å². The number of ether oxygens (including phenoxy) is 2. The molecule has 372 valence electrons. The fourth-order valence-electron chi connectivity index (χ4n) is 7.25. The second kappa shape index (κ2) is 51.9. The molecule has 2 unspecified atom stereocenters. The zero-order chi connectivity index (χ0) is 46.5. The Morgan fingerprint density at radius 3 is 1.31 bits per heavy atom. The summed E-state index contributed by atoms with van der Waals surface area (Å²) in [4.78, 5) is 22.6. The predicted octanol–water partition coefficient (Wildman–Crippen LogP) is 16.6. The van der Waals surface area contributed by atoms with Crippen LogP contribution in [0.25, 0.3) is 0 Å². The van der Waals surface area contributed by atoms with Gasteiger partial charge in [0.15, 0.2) is 0 Å². The molecule has 64 heavy (non-hydrogen) atoms. The fraction of sp³-hybridized carbons (Fsp3) is 0.764. The third-order valence-electron chi connectivity index (χ3n) is 11.1. The Morgan fingerprint density at radius 1 is 0.484 bits per heavy atom. The van der Waals surface area contributed by atoms with Crippen molar-refractivity contribution in [2.45, 2.75) is 238 Å². The highest BCUT2D eigenvalue weighted by atomic mass is 31.2. The molecule has 8 nitrogen and oxygen atoms in total. The second-order valence-electron chi connectivity index (χ2n) is 17.4. The minimum atomic E-state index is -4.29. The minimum absolute atomic E-state index is 0.0964. The molecule has 0 saturated carbocycles. The molecule has 0 aromatic heterocycles. The SMILES string of the molecule is CC/C=C\C/C=C\C/C=C\C/C=C\CCCCCCCCCCCCC(=O)OC(COCCCCCCCCCCCC/C=C\C/C=C\CCCCCCC)COP(=O)(O)OCCN. The first-order chi connectivity index (χ1) is 31.4. The summed E-state index contributed by atoms with van der Waals surface area (Å²) in [6.07, 6.45) is 66.5. The summed E-state index contributed by atoms with van der Waals surface area (Å²) in [6.45, 7) is 4.81. The highest BCUT2D eigenvalue weighted by Gasteiger charge is 2.25. The van der Waals surface area contributed by atoms with Crippen LogP contribution in [0.15, 0.2) is 72.9 Å². The third-order valence-corrected chi connectivity index (χ3v) is 12.1. The molecule has 0 aliphatic heterocycles. The number of hydrogen-bond acceptors (Lipinski definition) is 7. The maximum atomic E-state index is 12.7. The van der Waals surface area contributed by atoms with Crippen molar-refractivity contribution in [1.82, 2.24) is 0 Å². The van der Waals surface area contributed by atoms with Crippen LogP contribution in [-0.2, 0) is 27.9 Å². The first kappa shape index (κ1) is 61.9. The largest absolute Gasteiger partial charge is 0.472 e. The minimum Gasteiger partial charge on any atom is -0.457 e. The lowest BCUT2D eigenvalue weighted by Gasteiger charge is -2.20. The van der Waals surface area contributed by atoms with Crippen LogP contribution >= 0.6 is 7.82 Å². The molecule has 0 amide bonds. The Kier molecular flexibility index (Phi) is 50.2. The van der Waals surface area contributed by atoms with E-state index < -0.39 is 13.9 Å². The molecule has 0 aliphatic rings. The number of esters is 1. The number of nitrogens with two attached hydrogens (primary N) is 1. The van der Waals surface area contributed by atoms with Crippen molar-refractivity contribution >= 4 is 13.8 Å². The molecule has 3 N–H and O–H groups in total. The summed E-state index contributed by atoms with van der Waals surface area (Å²) < 4.78 is 33.6. The molecule has 2 atom stereocenters. The fourth-order valence-corrected chi connectivity index (χ4v) is 8.02. The van der Waals surface area contributed by atoms with Gasteiger partial charge in [0.25, 0.3) is 0 Å². The maximum Gasteiger partial charge on any atom is 0.472 e. The zero-order valence-corrected chi connectivity index (χ0v) is 42.4. The van der Waals surface area contributed by atoms with Gasteiger partial charge >= 0.3 is 13.8 Å². The Hall–Kier alpha value is -2.06.